The Morgan fingerprint density at radius 1 is 1.77 bits per heavy atom. The Morgan fingerprint density at radius 3 is 3.00 bits per heavy atom. The maximum atomic E-state index is 11.1. The van der Waals surface area contributed by atoms with Crippen LogP contribution in [-0.2, 0) is 4.79 Å². The summed E-state index contributed by atoms with van der Waals surface area (Å²) in [6.07, 6.45) is 0.0434. The highest BCUT2D eigenvalue weighted by molar-refractivity contribution is 9.10. The highest BCUT2D eigenvalue weighted by Gasteiger charge is 2.29. The summed E-state index contributed by atoms with van der Waals surface area (Å²) in [6, 6.07) is 2.00. The summed E-state index contributed by atoms with van der Waals surface area (Å²) in [4.78, 5) is 14.3. The first-order valence-corrected chi connectivity index (χ1v) is 5.58. The summed E-state index contributed by atoms with van der Waals surface area (Å²) in [5.74, 6) is 0.0906. The zero-order valence-electron chi connectivity index (χ0n) is 7.08. The molecule has 5 heteroatoms. The number of amides is 1. The van der Waals surface area contributed by atoms with Crippen LogP contribution in [0.15, 0.2) is 15.9 Å². The van der Waals surface area contributed by atoms with Gasteiger partial charge in [-0.25, -0.2) is 0 Å². The second-order valence-electron chi connectivity index (χ2n) is 3.02. The van der Waals surface area contributed by atoms with Crippen LogP contribution in [-0.4, -0.2) is 24.4 Å². The van der Waals surface area contributed by atoms with Gasteiger partial charge in [0, 0.05) is 4.47 Å². The van der Waals surface area contributed by atoms with E-state index in [1.165, 1.54) is 0 Å². The van der Waals surface area contributed by atoms with Crippen LogP contribution in [0.5, 0.6) is 0 Å². The molecular weight excluding hydrogens is 252 g/mol. The SMILES string of the molecule is CN1CC(=O)NC1c1sccc1Br. The van der Waals surface area contributed by atoms with Crippen molar-refractivity contribution in [1.82, 2.24) is 10.2 Å². The van der Waals surface area contributed by atoms with Gasteiger partial charge in [0.2, 0.25) is 5.91 Å². The number of halogens is 1. The van der Waals surface area contributed by atoms with Crippen LogP contribution in [0.25, 0.3) is 0 Å². The lowest BCUT2D eigenvalue weighted by atomic mass is 10.4. The molecule has 1 unspecified atom stereocenters. The van der Waals surface area contributed by atoms with Crippen LogP contribution >= 0.6 is 27.3 Å². The fourth-order valence-electron chi connectivity index (χ4n) is 1.39. The number of carbonyl (C=O) groups is 1. The van der Waals surface area contributed by atoms with Crippen LogP contribution < -0.4 is 5.32 Å². The van der Waals surface area contributed by atoms with E-state index in [0.717, 1.165) is 9.35 Å². The topological polar surface area (TPSA) is 32.3 Å². The average Bonchev–Trinajstić information content (AvgIpc) is 2.58. The van der Waals surface area contributed by atoms with Gasteiger partial charge >= 0.3 is 0 Å². The summed E-state index contributed by atoms with van der Waals surface area (Å²) in [7, 11) is 1.94. The Bertz CT molecular complexity index is 339. The van der Waals surface area contributed by atoms with Gasteiger partial charge in [-0.15, -0.1) is 11.3 Å². The van der Waals surface area contributed by atoms with Crippen molar-refractivity contribution < 1.29 is 4.79 Å². The zero-order chi connectivity index (χ0) is 9.42. The Hall–Kier alpha value is -0.390. The minimum Gasteiger partial charge on any atom is -0.335 e. The molecule has 0 aromatic carbocycles. The van der Waals surface area contributed by atoms with Crippen LogP contribution in [0.1, 0.15) is 11.0 Å². The predicted molar refractivity (Wildman–Crippen MR) is 55.5 cm³/mol. The number of nitrogens with one attached hydrogen (secondary N) is 1. The first-order valence-electron chi connectivity index (χ1n) is 3.91. The first-order chi connectivity index (χ1) is 6.18. The van der Waals surface area contributed by atoms with E-state index in [9.17, 15) is 4.79 Å². The van der Waals surface area contributed by atoms with E-state index in [2.05, 4.69) is 21.2 Å². The maximum absolute atomic E-state index is 11.1. The maximum Gasteiger partial charge on any atom is 0.235 e. The second-order valence-corrected chi connectivity index (χ2v) is 4.82. The standard InChI is InChI=1S/C8H9BrN2OS/c1-11-4-6(12)10-8(11)7-5(9)2-3-13-7/h2-3,8H,4H2,1H3,(H,10,12). The number of thiophene rings is 1. The minimum absolute atomic E-state index is 0.0434. The molecule has 2 heterocycles. The minimum atomic E-state index is 0.0434. The summed E-state index contributed by atoms with van der Waals surface area (Å²) in [5, 5.41) is 4.93. The molecule has 1 aliphatic heterocycles. The summed E-state index contributed by atoms with van der Waals surface area (Å²) in [5.41, 5.74) is 0. The molecule has 1 amide bonds. The highest BCUT2D eigenvalue weighted by Crippen LogP contribution is 2.32. The summed E-state index contributed by atoms with van der Waals surface area (Å²) in [6.45, 7) is 0.481. The van der Waals surface area contributed by atoms with Crippen molar-refractivity contribution in [2.45, 2.75) is 6.17 Å². The van der Waals surface area contributed by atoms with E-state index < -0.39 is 0 Å². The molecule has 1 aliphatic rings. The molecule has 3 nitrogen and oxygen atoms in total. The lowest BCUT2D eigenvalue weighted by molar-refractivity contribution is -0.118. The number of nitrogens with zero attached hydrogens (tertiary/aromatic N) is 1. The van der Waals surface area contributed by atoms with Gasteiger partial charge in [-0.2, -0.15) is 0 Å². The Labute approximate surface area is 88.9 Å². The van der Waals surface area contributed by atoms with Gasteiger partial charge in [0.15, 0.2) is 0 Å². The molecule has 0 aliphatic carbocycles. The molecule has 2 rings (SSSR count). The van der Waals surface area contributed by atoms with Gasteiger partial charge in [0.05, 0.1) is 11.4 Å². The highest BCUT2D eigenvalue weighted by atomic mass is 79.9. The molecule has 1 atom stereocenters. The molecule has 0 spiro atoms. The number of likely N-dealkylation sites (N-methyl/N-ethyl adjacent to an activating group) is 1. The van der Waals surface area contributed by atoms with E-state index in [-0.39, 0.29) is 12.1 Å². The van der Waals surface area contributed by atoms with Crippen molar-refractivity contribution >= 4 is 33.2 Å². The van der Waals surface area contributed by atoms with E-state index in [1.807, 2.05) is 23.4 Å². The van der Waals surface area contributed by atoms with Crippen LogP contribution in [0.3, 0.4) is 0 Å². The third-order valence-electron chi connectivity index (χ3n) is 2.02. The number of carbonyl (C=O) groups excluding carboxylic acids is 1. The Kier molecular flexibility index (Phi) is 2.40. The van der Waals surface area contributed by atoms with Gasteiger partial charge < -0.3 is 5.32 Å². The number of rotatable bonds is 1. The van der Waals surface area contributed by atoms with Crippen molar-refractivity contribution in [2.24, 2.45) is 0 Å². The van der Waals surface area contributed by atoms with Gasteiger partial charge in [0.1, 0.15) is 6.17 Å². The lowest BCUT2D eigenvalue weighted by Crippen LogP contribution is -2.23. The van der Waals surface area contributed by atoms with Crippen molar-refractivity contribution in [3.8, 4) is 0 Å². The van der Waals surface area contributed by atoms with Gasteiger partial charge in [-0.05, 0) is 34.4 Å². The molecule has 1 aromatic heterocycles. The van der Waals surface area contributed by atoms with E-state index in [4.69, 9.17) is 0 Å². The van der Waals surface area contributed by atoms with Gasteiger partial charge in [-0.3, -0.25) is 9.69 Å². The molecule has 0 saturated carbocycles. The lowest BCUT2D eigenvalue weighted by Gasteiger charge is -2.16. The van der Waals surface area contributed by atoms with E-state index in [0.29, 0.717) is 6.54 Å². The smallest absolute Gasteiger partial charge is 0.235 e. The van der Waals surface area contributed by atoms with Crippen molar-refractivity contribution in [1.29, 1.82) is 0 Å². The molecule has 1 N–H and O–H groups in total. The predicted octanol–water partition coefficient (Wildman–Crippen LogP) is 1.57. The van der Waals surface area contributed by atoms with Crippen molar-refractivity contribution in [3.05, 3.63) is 20.8 Å². The van der Waals surface area contributed by atoms with Crippen molar-refractivity contribution in [3.63, 3.8) is 0 Å². The fourth-order valence-corrected chi connectivity index (χ4v) is 3.10. The average molecular weight is 261 g/mol. The number of hydrogen-bond donors (Lipinski definition) is 1. The van der Waals surface area contributed by atoms with Crippen LogP contribution in [0.2, 0.25) is 0 Å². The second kappa shape index (κ2) is 3.40. The van der Waals surface area contributed by atoms with E-state index in [1.54, 1.807) is 11.3 Å². The molecule has 1 fully saturated rings. The molecule has 70 valence electrons. The van der Waals surface area contributed by atoms with Gasteiger partial charge in [0.25, 0.3) is 0 Å². The fraction of sp³-hybridized carbons (Fsp3) is 0.375. The molecule has 13 heavy (non-hydrogen) atoms. The monoisotopic (exact) mass is 260 g/mol. The third-order valence-corrected chi connectivity index (χ3v) is 3.95. The zero-order valence-corrected chi connectivity index (χ0v) is 9.48. The summed E-state index contributed by atoms with van der Waals surface area (Å²) < 4.78 is 1.07. The quantitative estimate of drug-likeness (QED) is 0.832. The van der Waals surface area contributed by atoms with Crippen molar-refractivity contribution in [2.75, 3.05) is 13.6 Å². The summed E-state index contributed by atoms with van der Waals surface area (Å²) >= 11 is 5.11. The number of hydrogen-bond acceptors (Lipinski definition) is 3. The first kappa shape index (κ1) is 9.18. The molecule has 0 radical (unpaired) electrons. The molecule has 1 aromatic rings. The largest absolute Gasteiger partial charge is 0.335 e. The normalized spacial score (nSPS) is 23.5. The molecule has 0 bridgehead atoms. The van der Waals surface area contributed by atoms with E-state index >= 15 is 0 Å². The third kappa shape index (κ3) is 1.63. The Balaban J connectivity index is 2.27. The van der Waals surface area contributed by atoms with Crippen LogP contribution in [0, 0.1) is 0 Å². The Morgan fingerprint density at radius 2 is 2.54 bits per heavy atom. The van der Waals surface area contributed by atoms with Crippen LogP contribution in [0.4, 0.5) is 0 Å². The molecular formula is C8H9BrN2OS. The van der Waals surface area contributed by atoms with Gasteiger partial charge in [-0.1, -0.05) is 0 Å². The molecule has 1 saturated heterocycles.